The number of nitrogens with one attached hydrogen (secondary N) is 2. The van der Waals surface area contributed by atoms with Gasteiger partial charge in [0.25, 0.3) is 0 Å². The third-order valence-corrected chi connectivity index (χ3v) is 4.55. The molecule has 2 rings (SSSR count). The topological polar surface area (TPSA) is 67.4 Å². The molecule has 0 heterocycles. The first-order valence-electron chi connectivity index (χ1n) is 9.33. The second kappa shape index (κ2) is 8.41. The fourth-order valence-electron chi connectivity index (χ4n) is 3.34. The highest BCUT2D eigenvalue weighted by Crippen LogP contribution is 2.31. The molecule has 2 amide bonds. The Morgan fingerprint density at radius 3 is 2.36 bits per heavy atom. The van der Waals surface area contributed by atoms with Gasteiger partial charge in [0, 0.05) is 6.54 Å². The molecule has 2 N–H and O–H groups in total. The van der Waals surface area contributed by atoms with Gasteiger partial charge in [0.1, 0.15) is 5.60 Å². The van der Waals surface area contributed by atoms with E-state index in [0.29, 0.717) is 18.4 Å². The van der Waals surface area contributed by atoms with Gasteiger partial charge in [-0.3, -0.25) is 4.79 Å². The third-order valence-electron chi connectivity index (χ3n) is 4.55. The summed E-state index contributed by atoms with van der Waals surface area (Å²) < 4.78 is 43.7. The summed E-state index contributed by atoms with van der Waals surface area (Å²) in [5, 5.41) is 5.62. The third kappa shape index (κ3) is 6.73. The van der Waals surface area contributed by atoms with Crippen LogP contribution in [0.5, 0.6) is 0 Å². The highest BCUT2D eigenvalue weighted by molar-refractivity contribution is 5.79. The van der Waals surface area contributed by atoms with Crippen molar-refractivity contribution in [3.05, 3.63) is 35.4 Å². The van der Waals surface area contributed by atoms with Gasteiger partial charge in [-0.25, -0.2) is 4.79 Å². The van der Waals surface area contributed by atoms with E-state index in [0.717, 1.165) is 25.0 Å². The maximum absolute atomic E-state index is 12.8. The maximum Gasteiger partial charge on any atom is 0.416 e. The average molecular weight is 400 g/mol. The molecular formula is C20H27F3N2O3. The van der Waals surface area contributed by atoms with Crippen LogP contribution in [0, 0.1) is 0 Å². The molecule has 1 aromatic carbocycles. The van der Waals surface area contributed by atoms with Crippen LogP contribution in [-0.4, -0.2) is 29.7 Å². The number of ether oxygens (including phenoxy) is 1. The summed E-state index contributed by atoms with van der Waals surface area (Å²) in [5.74, 6) is -0.368. The van der Waals surface area contributed by atoms with Gasteiger partial charge < -0.3 is 15.4 Å². The van der Waals surface area contributed by atoms with E-state index in [-0.39, 0.29) is 18.9 Å². The van der Waals surface area contributed by atoms with E-state index >= 15 is 0 Å². The van der Waals surface area contributed by atoms with Crippen molar-refractivity contribution >= 4 is 12.0 Å². The maximum atomic E-state index is 12.8. The lowest BCUT2D eigenvalue weighted by Gasteiger charge is -2.31. The second-order valence-electron chi connectivity index (χ2n) is 8.27. The van der Waals surface area contributed by atoms with E-state index in [4.69, 9.17) is 4.74 Å². The molecule has 156 valence electrons. The van der Waals surface area contributed by atoms with Gasteiger partial charge in [-0.15, -0.1) is 0 Å². The monoisotopic (exact) mass is 400 g/mol. The van der Waals surface area contributed by atoms with E-state index in [1.165, 1.54) is 12.1 Å². The summed E-state index contributed by atoms with van der Waals surface area (Å²) in [6, 6.07) is 4.75. The van der Waals surface area contributed by atoms with E-state index in [9.17, 15) is 22.8 Å². The van der Waals surface area contributed by atoms with Gasteiger partial charge in [-0.05, 0) is 45.2 Å². The Kier molecular flexibility index (Phi) is 6.62. The van der Waals surface area contributed by atoms with Crippen molar-refractivity contribution in [2.75, 3.05) is 6.54 Å². The molecule has 0 saturated heterocycles. The van der Waals surface area contributed by atoms with Crippen molar-refractivity contribution in [3.8, 4) is 0 Å². The second-order valence-corrected chi connectivity index (χ2v) is 8.27. The highest BCUT2D eigenvalue weighted by atomic mass is 19.4. The molecule has 0 unspecified atom stereocenters. The van der Waals surface area contributed by atoms with Crippen LogP contribution in [0.25, 0.3) is 0 Å². The van der Waals surface area contributed by atoms with Crippen molar-refractivity contribution < 1.29 is 27.5 Å². The first kappa shape index (κ1) is 22.0. The lowest BCUT2D eigenvalue weighted by Crippen LogP contribution is -2.54. The smallest absolute Gasteiger partial charge is 0.416 e. The van der Waals surface area contributed by atoms with Gasteiger partial charge in [-0.2, -0.15) is 13.2 Å². The fourth-order valence-corrected chi connectivity index (χ4v) is 3.34. The van der Waals surface area contributed by atoms with Crippen molar-refractivity contribution in [1.29, 1.82) is 0 Å². The Labute approximate surface area is 163 Å². The van der Waals surface area contributed by atoms with Crippen LogP contribution in [0.2, 0.25) is 0 Å². The summed E-state index contributed by atoms with van der Waals surface area (Å²) in [6.45, 7) is 5.49. The number of hydrogen-bond donors (Lipinski definition) is 2. The predicted octanol–water partition coefficient (Wildman–Crippen LogP) is 4.20. The Morgan fingerprint density at radius 2 is 1.79 bits per heavy atom. The minimum atomic E-state index is -4.45. The van der Waals surface area contributed by atoms with E-state index in [1.54, 1.807) is 20.8 Å². The molecule has 1 aromatic rings. The Bertz CT molecular complexity index is 705. The first-order valence-corrected chi connectivity index (χ1v) is 9.33. The standard InChI is InChI=1S/C20H27F3N2O3/c1-18(2,3)28-17(27)24-13-19(9-4-5-10-19)25-16(26)12-14-7-6-8-15(11-14)20(21,22)23/h6-8,11H,4-5,9-10,12-13H2,1-3H3,(H,24,27)(H,25,26). The number of rotatable bonds is 5. The molecular weight excluding hydrogens is 373 g/mol. The summed E-state index contributed by atoms with van der Waals surface area (Å²) in [5.41, 5.74) is -1.71. The molecule has 1 saturated carbocycles. The molecule has 1 aliphatic rings. The minimum absolute atomic E-state index is 0.155. The van der Waals surface area contributed by atoms with Crippen LogP contribution in [0.4, 0.5) is 18.0 Å². The molecule has 0 aliphatic heterocycles. The molecule has 0 bridgehead atoms. The fraction of sp³-hybridized carbons (Fsp3) is 0.600. The Balaban J connectivity index is 1.98. The zero-order valence-electron chi connectivity index (χ0n) is 16.4. The quantitative estimate of drug-likeness (QED) is 0.778. The van der Waals surface area contributed by atoms with Crippen molar-refractivity contribution in [2.24, 2.45) is 0 Å². The lowest BCUT2D eigenvalue weighted by atomic mass is 9.96. The Morgan fingerprint density at radius 1 is 1.14 bits per heavy atom. The van der Waals surface area contributed by atoms with E-state index in [1.807, 2.05) is 0 Å². The number of benzene rings is 1. The highest BCUT2D eigenvalue weighted by Gasteiger charge is 2.36. The predicted molar refractivity (Wildman–Crippen MR) is 98.7 cm³/mol. The molecule has 1 fully saturated rings. The number of alkyl carbamates (subject to hydrolysis) is 1. The number of carbonyl (C=O) groups is 2. The van der Waals surface area contributed by atoms with Crippen molar-refractivity contribution in [3.63, 3.8) is 0 Å². The summed E-state index contributed by atoms with van der Waals surface area (Å²) in [6.07, 6.45) is -1.98. The molecule has 0 radical (unpaired) electrons. The van der Waals surface area contributed by atoms with Gasteiger partial charge in [0.05, 0.1) is 17.5 Å². The average Bonchev–Trinajstić information content (AvgIpc) is 2.99. The van der Waals surface area contributed by atoms with Gasteiger partial charge in [-0.1, -0.05) is 31.0 Å². The normalized spacial score (nSPS) is 16.5. The van der Waals surface area contributed by atoms with Crippen molar-refractivity contribution in [2.45, 2.75) is 70.2 Å². The number of carbonyl (C=O) groups excluding carboxylic acids is 2. The van der Waals surface area contributed by atoms with Crippen molar-refractivity contribution in [1.82, 2.24) is 10.6 Å². The lowest BCUT2D eigenvalue weighted by molar-refractivity contribution is -0.137. The number of amides is 2. The van der Waals surface area contributed by atoms with E-state index in [2.05, 4.69) is 10.6 Å². The molecule has 0 atom stereocenters. The molecule has 8 heteroatoms. The van der Waals surface area contributed by atoms with Gasteiger partial charge in [0.15, 0.2) is 0 Å². The van der Waals surface area contributed by atoms with Crippen LogP contribution < -0.4 is 10.6 Å². The van der Waals surface area contributed by atoms with Gasteiger partial charge >= 0.3 is 12.3 Å². The van der Waals surface area contributed by atoms with Crippen LogP contribution in [-0.2, 0) is 22.1 Å². The number of hydrogen-bond acceptors (Lipinski definition) is 3. The molecule has 28 heavy (non-hydrogen) atoms. The molecule has 0 aromatic heterocycles. The SMILES string of the molecule is CC(C)(C)OC(=O)NCC1(NC(=O)Cc2cccc(C(F)(F)F)c2)CCCC1. The minimum Gasteiger partial charge on any atom is -0.444 e. The Hall–Kier alpha value is -2.25. The van der Waals surface area contributed by atoms with Crippen LogP contribution in [0.3, 0.4) is 0 Å². The van der Waals surface area contributed by atoms with Crippen LogP contribution in [0.15, 0.2) is 24.3 Å². The van der Waals surface area contributed by atoms with Crippen LogP contribution >= 0.6 is 0 Å². The van der Waals surface area contributed by atoms with Gasteiger partial charge in [0.2, 0.25) is 5.91 Å². The van der Waals surface area contributed by atoms with Crippen LogP contribution in [0.1, 0.15) is 57.6 Å². The first-order chi connectivity index (χ1) is 12.9. The number of halogens is 3. The molecule has 0 spiro atoms. The summed E-state index contributed by atoms with van der Waals surface area (Å²) >= 11 is 0. The summed E-state index contributed by atoms with van der Waals surface area (Å²) in [4.78, 5) is 24.4. The zero-order valence-corrected chi connectivity index (χ0v) is 16.4. The van der Waals surface area contributed by atoms with E-state index < -0.39 is 29.0 Å². The molecule has 5 nitrogen and oxygen atoms in total. The largest absolute Gasteiger partial charge is 0.444 e. The molecule has 1 aliphatic carbocycles. The summed E-state index contributed by atoms with van der Waals surface area (Å²) in [7, 11) is 0. The zero-order chi connectivity index (χ0) is 21.0. The number of alkyl halides is 3.